The summed E-state index contributed by atoms with van der Waals surface area (Å²) in [7, 11) is -0.349. The molecule has 38 heavy (non-hydrogen) atoms. The lowest BCUT2D eigenvalue weighted by atomic mass is 10.0. The van der Waals surface area contributed by atoms with Crippen molar-refractivity contribution < 1.29 is 23.4 Å². The van der Waals surface area contributed by atoms with E-state index in [2.05, 4.69) is 49.3 Å². The molecule has 1 N–H and O–H groups in total. The van der Waals surface area contributed by atoms with Crippen LogP contribution in [0.1, 0.15) is 39.3 Å². The van der Waals surface area contributed by atoms with Crippen LogP contribution in [0.25, 0.3) is 5.69 Å². The van der Waals surface area contributed by atoms with Crippen molar-refractivity contribution in [3.8, 4) is 17.2 Å². The Morgan fingerprint density at radius 2 is 1.92 bits per heavy atom. The van der Waals surface area contributed by atoms with Crippen LogP contribution in [-0.2, 0) is 14.0 Å². The maximum Gasteiger partial charge on any atom is 0.333 e. The number of esters is 1. The number of carbonyl (C=O) groups is 1. The Balaban J connectivity index is 1.89. The van der Waals surface area contributed by atoms with Crippen molar-refractivity contribution in [1.29, 1.82) is 0 Å². The number of methoxy groups -OCH3 is 1. The highest BCUT2D eigenvalue weighted by atomic mass is 35.5. The molecule has 2 aromatic carbocycles. The summed E-state index contributed by atoms with van der Waals surface area (Å²) in [5.74, 6) is 0.599. The smallest absolute Gasteiger partial charge is 0.333 e. The van der Waals surface area contributed by atoms with Gasteiger partial charge in [0, 0.05) is 35.0 Å². The predicted octanol–water partition coefficient (Wildman–Crippen LogP) is 6.05. The summed E-state index contributed by atoms with van der Waals surface area (Å²) < 4.78 is 24.9. The fourth-order valence-electron chi connectivity index (χ4n) is 3.45. The standard InChI is InChI=1S/C27H37ClN4O5Si/c1-8-35-26(33)25(31-20-14-21(16-22(15-20)34-5)32-18-29-17-30-32)23-10-9-19(28)13-24(23)36-11-12-37-38(6,7)27(2,3)4/h9-10,13-18,25,31H,8,11-12H2,1-7H3/q-1. The lowest BCUT2D eigenvalue weighted by Gasteiger charge is -2.48. The number of aromatic nitrogens is 3. The summed E-state index contributed by atoms with van der Waals surface area (Å²) in [6.45, 7) is 13.7. The molecular weight excluding hydrogens is 524 g/mol. The second-order valence-electron chi connectivity index (χ2n) is 10.2. The highest BCUT2D eigenvalue weighted by Crippen LogP contribution is 2.37. The minimum Gasteiger partial charge on any atom is -0.562 e. The summed E-state index contributed by atoms with van der Waals surface area (Å²) in [5.41, 5.74) is 1.92. The number of rotatable bonds is 12. The van der Waals surface area contributed by atoms with E-state index in [4.69, 9.17) is 30.2 Å². The number of benzene rings is 2. The Morgan fingerprint density at radius 1 is 1.16 bits per heavy atom. The maximum atomic E-state index is 13.2. The van der Waals surface area contributed by atoms with Crippen LogP contribution >= 0.6 is 11.6 Å². The predicted molar refractivity (Wildman–Crippen MR) is 151 cm³/mol. The first-order valence-electron chi connectivity index (χ1n) is 12.5. The molecule has 9 nitrogen and oxygen atoms in total. The molecule has 0 fully saturated rings. The van der Waals surface area contributed by atoms with Gasteiger partial charge in [-0.2, -0.15) is 5.10 Å². The summed E-state index contributed by atoms with van der Waals surface area (Å²) in [4.78, 5) is 17.2. The third-order valence-corrected chi connectivity index (χ3v) is 11.3. The van der Waals surface area contributed by atoms with Crippen LogP contribution in [0, 0.1) is 0 Å². The van der Waals surface area contributed by atoms with Crippen LogP contribution in [-0.4, -0.2) is 56.0 Å². The zero-order valence-corrected chi connectivity index (χ0v) is 24.8. The van der Waals surface area contributed by atoms with Crippen LogP contribution in [0.3, 0.4) is 0 Å². The van der Waals surface area contributed by atoms with Gasteiger partial charge in [0.05, 0.1) is 19.4 Å². The minimum absolute atomic E-state index is 0.0922. The third-order valence-electron chi connectivity index (χ3n) is 6.54. The van der Waals surface area contributed by atoms with Gasteiger partial charge in [-0.05, 0) is 33.4 Å². The van der Waals surface area contributed by atoms with Gasteiger partial charge >= 0.3 is 5.97 Å². The van der Waals surface area contributed by atoms with E-state index in [1.807, 2.05) is 12.1 Å². The van der Waals surface area contributed by atoms with Crippen molar-refractivity contribution in [2.45, 2.75) is 51.9 Å². The van der Waals surface area contributed by atoms with Crippen molar-refractivity contribution in [3.63, 3.8) is 0 Å². The number of nitrogens with zero attached hydrogens (tertiary/aromatic N) is 3. The first kappa shape index (κ1) is 29.5. The van der Waals surface area contributed by atoms with Gasteiger partial charge in [-0.25, -0.2) is 14.5 Å². The lowest BCUT2D eigenvalue weighted by Crippen LogP contribution is -2.41. The molecule has 0 spiro atoms. The van der Waals surface area contributed by atoms with E-state index in [1.165, 1.54) is 6.33 Å². The second-order valence-corrected chi connectivity index (χ2v) is 15.5. The van der Waals surface area contributed by atoms with E-state index in [0.29, 0.717) is 46.7 Å². The van der Waals surface area contributed by atoms with Gasteiger partial charge in [-0.3, -0.25) is 0 Å². The first-order valence-corrected chi connectivity index (χ1v) is 15.8. The largest absolute Gasteiger partial charge is 0.562 e. The monoisotopic (exact) mass is 560 g/mol. The van der Waals surface area contributed by atoms with E-state index in [1.54, 1.807) is 49.3 Å². The van der Waals surface area contributed by atoms with Crippen molar-refractivity contribution in [1.82, 2.24) is 14.8 Å². The molecule has 11 heteroatoms. The van der Waals surface area contributed by atoms with E-state index in [0.717, 1.165) is 0 Å². The number of carbonyl (C=O) groups excluding carboxylic acids is 1. The third kappa shape index (κ3) is 7.49. The topological polar surface area (TPSA) is 96.7 Å². The molecule has 1 aromatic heterocycles. The van der Waals surface area contributed by atoms with Crippen LogP contribution in [0.4, 0.5) is 5.69 Å². The molecule has 0 aliphatic rings. The molecule has 0 aliphatic heterocycles. The van der Waals surface area contributed by atoms with Crippen molar-refractivity contribution >= 4 is 31.6 Å². The molecule has 0 aliphatic carbocycles. The molecule has 1 unspecified atom stereocenters. The van der Waals surface area contributed by atoms with Crippen LogP contribution < -0.4 is 14.8 Å². The van der Waals surface area contributed by atoms with Gasteiger partial charge in [0.1, 0.15) is 30.8 Å². The Hall–Kier alpha value is -3.08. The summed E-state index contributed by atoms with van der Waals surface area (Å²) in [6.07, 6.45) is 3.03. The molecule has 3 rings (SSSR count). The number of nitrogens with one attached hydrogen (secondary N) is 1. The second kappa shape index (κ2) is 12.6. The normalized spacial score (nSPS) is 12.6. The Bertz CT molecular complexity index is 1210. The highest BCUT2D eigenvalue weighted by molar-refractivity contribution is 6.74. The van der Waals surface area contributed by atoms with E-state index in [-0.39, 0.29) is 11.6 Å². The van der Waals surface area contributed by atoms with E-state index >= 15 is 0 Å². The Morgan fingerprint density at radius 3 is 2.55 bits per heavy atom. The van der Waals surface area contributed by atoms with E-state index in [9.17, 15) is 4.79 Å². The lowest BCUT2D eigenvalue weighted by molar-refractivity contribution is -0.144. The number of ether oxygens (including phenoxy) is 3. The molecule has 0 saturated heterocycles. The first-order chi connectivity index (χ1) is 17.9. The van der Waals surface area contributed by atoms with Crippen molar-refractivity contribution in [2.24, 2.45) is 0 Å². The van der Waals surface area contributed by atoms with Gasteiger partial charge in [-0.1, -0.05) is 38.4 Å². The molecule has 0 bridgehead atoms. The molecule has 0 amide bonds. The quantitative estimate of drug-likeness (QED) is 0.162. The number of halogens is 1. The van der Waals surface area contributed by atoms with Crippen molar-refractivity contribution in [2.75, 3.05) is 32.2 Å². The summed E-state index contributed by atoms with van der Waals surface area (Å²) in [5, 5.41) is 8.06. The van der Waals surface area contributed by atoms with Gasteiger partial charge in [0.15, 0.2) is 6.04 Å². The summed E-state index contributed by atoms with van der Waals surface area (Å²) >= 11 is 6.31. The molecule has 1 atom stereocenters. The number of hydrogen-bond acceptors (Lipinski definition) is 8. The molecule has 0 radical (unpaired) electrons. The molecule has 1 heterocycles. The molecular formula is C27H37ClN4O5Si-. The van der Waals surface area contributed by atoms with Crippen LogP contribution in [0.15, 0.2) is 49.1 Å². The maximum absolute atomic E-state index is 13.2. The van der Waals surface area contributed by atoms with Gasteiger partial charge in [-0.15, -0.1) is 18.1 Å². The molecule has 3 aromatic rings. The van der Waals surface area contributed by atoms with Gasteiger partial charge < -0.3 is 24.0 Å². The van der Waals surface area contributed by atoms with Crippen LogP contribution in [0.5, 0.6) is 11.5 Å². The van der Waals surface area contributed by atoms with Crippen LogP contribution in [0.2, 0.25) is 23.2 Å². The van der Waals surface area contributed by atoms with E-state index < -0.39 is 20.3 Å². The zero-order chi connectivity index (χ0) is 27.9. The highest BCUT2D eigenvalue weighted by Gasteiger charge is 2.27. The Labute approximate surface area is 230 Å². The fourth-order valence-corrected chi connectivity index (χ4v) is 4.64. The van der Waals surface area contributed by atoms with Gasteiger partial charge in [0.25, 0.3) is 0 Å². The average Bonchev–Trinajstić information content (AvgIpc) is 3.40. The molecule has 0 saturated carbocycles. The van der Waals surface area contributed by atoms with Gasteiger partial charge in [0.2, 0.25) is 0 Å². The number of anilines is 1. The fraction of sp³-hybridized carbons (Fsp3) is 0.444. The number of hydrogen-bond donors (Lipinski definition) is 1. The summed E-state index contributed by atoms with van der Waals surface area (Å²) in [6, 6.07) is 9.75. The Kier molecular flexibility index (Phi) is 9.80. The SMILES string of the molecule is CCOC(=O)C(Nc1cc(OC)cc(-n2cncn2)c1)c1ccc(Cl)cc1OCCO[Si-](C)(C)C(C)(C)C. The minimum atomic E-state index is -1.92. The zero-order valence-electron chi connectivity index (χ0n) is 23.1. The molecule has 207 valence electrons. The van der Waals surface area contributed by atoms with Crippen molar-refractivity contribution in [3.05, 3.63) is 59.6 Å². The average molecular weight is 561 g/mol.